The average Bonchev–Trinajstić information content (AvgIpc) is 3.50. The Labute approximate surface area is 243 Å². The lowest BCUT2D eigenvalue weighted by Gasteiger charge is -2.09. The molecule has 5 aromatic rings. The van der Waals surface area contributed by atoms with E-state index in [0.29, 0.717) is 10.6 Å². The van der Waals surface area contributed by atoms with Gasteiger partial charge in [0.2, 0.25) is 0 Å². The molecule has 0 aliphatic rings. The lowest BCUT2D eigenvalue weighted by molar-refractivity contribution is 0.0955. The van der Waals surface area contributed by atoms with Gasteiger partial charge in [0.05, 0.1) is 11.9 Å². The highest BCUT2D eigenvalue weighted by Gasteiger charge is 2.11. The lowest BCUT2D eigenvalue weighted by atomic mass is 10.1. The number of rotatable bonds is 7. The first kappa shape index (κ1) is 26.1. The molecule has 5 rings (SSSR count). The van der Waals surface area contributed by atoms with Crippen LogP contribution in [0.15, 0.2) is 89.3 Å². The Morgan fingerprint density at radius 1 is 1.03 bits per heavy atom. The Hall–Kier alpha value is -3.47. The normalized spacial score (nSPS) is 11.2. The largest absolute Gasteiger partial charge is 0.332 e. The second-order valence-electron chi connectivity index (χ2n) is 8.58. The molecule has 2 aromatic heterocycles. The Balaban J connectivity index is 1.22. The number of hydrogen-bond acceptors (Lipinski definition) is 5. The summed E-state index contributed by atoms with van der Waals surface area (Å²) < 4.78 is 3.36. The topological polar surface area (TPSA) is 71.3 Å². The van der Waals surface area contributed by atoms with Gasteiger partial charge in [-0.25, -0.2) is 10.4 Å². The minimum atomic E-state index is -0.275. The van der Waals surface area contributed by atoms with Crippen LogP contribution in [0.4, 0.5) is 10.8 Å². The molecule has 0 fully saturated rings. The summed E-state index contributed by atoms with van der Waals surface area (Å²) in [5.41, 5.74) is 10.0. The summed E-state index contributed by atoms with van der Waals surface area (Å²) in [7, 11) is 0. The zero-order valence-electron chi connectivity index (χ0n) is 20.6. The van der Waals surface area contributed by atoms with Crippen LogP contribution in [-0.4, -0.2) is 21.7 Å². The number of carbonyl (C=O) groups is 1. The molecule has 0 atom stereocenters. The fraction of sp³-hybridized carbons (Fsp3) is 0.0690. The van der Waals surface area contributed by atoms with E-state index in [9.17, 15) is 4.79 Å². The average molecular weight is 652 g/mol. The van der Waals surface area contributed by atoms with Crippen molar-refractivity contribution in [2.75, 3.05) is 5.32 Å². The fourth-order valence-electron chi connectivity index (χ4n) is 4.04. The summed E-state index contributed by atoms with van der Waals surface area (Å²) in [5.74, 6) is -0.275. The molecule has 0 spiro atoms. The van der Waals surface area contributed by atoms with Gasteiger partial charge >= 0.3 is 0 Å². The smallest absolute Gasteiger partial charge is 0.271 e. The number of nitrogens with zero attached hydrogens (tertiary/aromatic N) is 3. The molecule has 0 saturated carbocycles. The molecule has 38 heavy (non-hydrogen) atoms. The van der Waals surface area contributed by atoms with E-state index in [1.54, 1.807) is 18.3 Å². The minimum absolute atomic E-state index is 0.275. The van der Waals surface area contributed by atoms with E-state index in [1.807, 2.05) is 48.7 Å². The number of carbonyl (C=O) groups excluding carboxylic acids is 1. The van der Waals surface area contributed by atoms with Gasteiger partial charge in [-0.05, 0) is 103 Å². The van der Waals surface area contributed by atoms with Crippen LogP contribution in [0.1, 0.15) is 27.3 Å². The predicted octanol–water partition coefficient (Wildman–Crippen LogP) is 7.98. The minimum Gasteiger partial charge on any atom is -0.332 e. The molecule has 2 N–H and O–H groups in total. The molecule has 0 radical (unpaired) electrons. The van der Waals surface area contributed by atoms with Crippen molar-refractivity contribution >= 4 is 68.5 Å². The van der Waals surface area contributed by atoms with E-state index in [4.69, 9.17) is 11.6 Å². The van der Waals surface area contributed by atoms with Crippen molar-refractivity contribution in [3.8, 4) is 16.9 Å². The Morgan fingerprint density at radius 3 is 2.45 bits per heavy atom. The van der Waals surface area contributed by atoms with E-state index >= 15 is 0 Å². The van der Waals surface area contributed by atoms with Crippen molar-refractivity contribution < 1.29 is 4.79 Å². The molecular formula is C29H23ClIN5OS. The Kier molecular flexibility index (Phi) is 7.92. The van der Waals surface area contributed by atoms with Crippen molar-refractivity contribution in [2.45, 2.75) is 13.8 Å². The highest BCUT2D eigenvalue weighted by molar-refractivity contribution is 14.1. The number of nitrogens with one attached hydrogen (secondary N) is 2. The molecule has 3 aromatic carbocycles. The highest BCUT2D eigenvalue weighted by Crippen LogP contribution is 2.28. The summed E-state index contributed by atoms with van der Waals surface area (Å²) in [6.45, 7) is 4.10. The van der Waals surface area contributed by atoms with E-state index in [1.165, 1.54) is 14.9 Å². The van der Waals surface area contributed by atoms with Gasteiger partial charge in [-0.3, -0.25) is 4.79 Å². The van der Waals surface area contributed by atoms with Gasteiger partial charge in [-0.1, -0.05) is 23.7 Å². The van der Waals surface area contributed by atoms with E-state index in [-0.39, 0.29) is 5.91 Å². The molecule has 0 unspecified atom stereocenters. The van der Waals surface area contributed by atoms with Crippen LogP contribution in [-0.2, 0) is 0 Å². The number of amides is 1. The van der Waals surface area contributed by atoms with E-state index in [2.05, 4.69) is 85.2 Å². The second kappa shape index (κ2) is 11.5. The lowest BCUT2D eigenvalue weighted by Crippen LogP contribution is -2.17. The molecule has 2 heterocycles. The first-order valence-corrected chi connectivity index (χ1v) is 14.1. The SMILES string of the molecule is Cc1cc(/C=N\NC(=O)c2ccc(-c3csc(Nc4ccc(Cl)cc4)n3)cc2)c(C)n1-c1ccc(I)cc1. The third-order valence-corrected chi connectivity index (χ3v) is 7.70. The number of aryl methyl sites for hydroxylation is 1. The highest BCUT2D eigenvalue weighted by atomic mass is 127. The predicted molar refractivity (Wildman–Crippen MR) is 165 cm³/mol. The van der Waals surface area contributed by atoms with Crippen LogP contribution in [0.2, 0.25) is 5.02 Å². The van der Waals surface area contributed by atoms with Crippen molar-refractivity contribution in [2.24, 2.45) is 5.10 Å². The van der Waals surface area contributed by atoms with Gasteiger partial charge in [0.25, 0.3) is 5.91 Å². The molecule has 190 valence electrons. The maximum absolute atomic E-state index is 12.7. The number of benzene rings is 3. The molecule has 9 heteroatoms. The zero-order valence-corrected chi connectivity index (χ0v) is 24.3. The van der Waals surface area contributed by atoms with E-state index < -0.39 is 0 Å². The van der Waals surface area contributed by atoms with Crippen LogP contribution in [0.3, 0.4) is 0 Å². The standard InChI is InChI=1S/C29H23ClIN5OS/c1-18-15-22(19(2)36(18)26-13-9-24(31)10-14-26)16-32-35-28(37)21-5-3-20(4-6-21)27-17-38-29(34-27)33-25-11-7-23(30)8-12-25/h3-17H,1-2H3,(H,33,34)(H,35,37)/b32-16-. The summed E-state index contributed by atoms with van der Waals surface area (Å²) in [4.78, 5) is 17.3. The Bertz CT molecular complexity index is 1610. The first-order valence-electron chi connectivity index (χ1n) is 11.7. The number of thiazole rings is 1. The van der Waals surface area contributed by atoms with Crippen LogP contribution in [0.5, 0.6) is 0 Å². The van der Waals surface area contributed by atoms with Gasteiger partial charge < -0.3 is 9.88 Å². The second-order valence-corrected chi connectivity index (χ2v) is 11.1. The third-order valence-electron chi connectivity index (χ3n) is 5.97. The number of hydrogen-bond donors (Lipinski definition) is 2. The third kappa shape index (κ3) is 5.98. The van der Waals surface area contributed by atoms with Crippen molar-refractivity contribution in [3.05, 3.63) is 115 Å². The molecule has 0 bridgehead atoms. The van der Waals surface area contributed by atoms with Crippen LogP contribution in [0.25, 0.3) is 16.9 Å². The maximum atomic E-state index is 12.7. The fourth-order valence-corrected chi connectivity index (χ4v) is 5.27. The molecule has 0 saturated heterocycles. The van der Waals surface area contributed by atoms with Gasteiger partial charge in [-0.2, -0.15) is 5.10 Å². The molecule has 1 amide bonds. The van der Waals surface area contributed by atoms with Gasteiger partial charge in [0.1, 0.15) is 0 Å². The number of hydrazone groups is 1. The number of aromatic nitrogens is 2. The van der Waals surface area contributed by atoms with Crippen LogP contribution < -0.4 is 10.7 Å². The van der Waals surface area contributed by atoms with Gasteiger partial charge in [0, 0.05) is 53.4 Å². The summed E-state index contributed by atoms with van der Waals surface area (Å²) in [6, 6.07) is 25.2. The number of anilines is 2. The summed E-state index contributed by atoms with van der Waals surface area (Å²) in [5, 5.41) is 10.9. The zero-order chi connectivity index (χ0) is 26.6. The quantitative estimate of drug-likeness (QED) is 0.107. The Morgan fingerprint density at radius 2 is 1.74 bits per heavy atom. The van der Waals surface area contributed by atoms with Crippen molar-refractivity contribution in [1.82, 2.24) is 15.0 Å². The summed E-state index contributed by atoms with van der Waals surface area (Å²) in [6.07, 6.45) is 1.68. The van der Waals surface area contributed by atoms with Crippen molar-refractivity contribution in [3.63, 3.8) is 0 Å². The first-order chi connectivity index (χ1) is 18.4. The van der Waals surface area contributed by atoms with Gasteiger partial charge in [-0.15, -0.1) is 11.3 Å². The molecular weight excluding hydrogens is 629 g/mol. The maximum Gasteiger partial charge on any atom is 0.271 e. The molecule has 0 aliphatic heterocycles. The van der Waals surface area contributed by atoms with Crippen LogP contribution >= 0.6 is 45.5 Å². The summed E-state index contributed by atoms with van der Waals surface area (Å²) >= 11 is 9.76. The van der Waals surface area contributed by atoms with E-state index in [0.717, 1.165) is 44.7 Å². The van der Waals surface area contributed by atoms with Gasteiger partial charge in [0.15, 0.2) is 5.13 Å². The monoisotopic (exact) mass is 651 g/mol. The van der Waals surface area contributed by atoms with Crippen molar-refractivity contribution in [1.29, 1.82) is 0 Å². The molecule has 6 nitrogen and oxygen atoms in total. The number of halogens is 2. The molecule has 0 aliphatic carbocycles. The van der Waals surface area contributed by atoms with Crippen LogP contribution in [0, 0.1) is 17.4 Å².